The standard InChI is InChI=1S/C18H23N5O/c1-11(10-19)20-17(24)9-8-14-12(2)21-18-15-6-4-5-7-16(15)22-23(18)13(14)3/h4-7,11H,8-10,19H2,1-3H3,(H,20,24)/t11-/m0/s1. The molecule has 2 heterocycles. The number of amides is 1. The fourth-order valence-corrected chi connectivity index (χ4v) is 2.98. The van der Waals surface area contributed by atoms with E-state index in [1.165, 1.54) is 0 Å². The van der Waals surface area contributed by atoms with Gasteiger partial charge in [-0.25, -0.2) is 9.50 Å². The highest BCUT2D eigenvalue weighted by Crippen LogP contribution is 2.22. The molecule has 3 aromatic rings. The maximum Gasteiger partial charge on any atom is 0.220 e. The monoisotopic (exact) mass is 325 g/mol. The molecule has 0 bridgehead atoms. The van der Waals surface area contributed by atoms with Crippen LogP contribution in [0, 0.1) is 13.8 Å². The number of fused-ring (bicyclic) bond motifs is 3. The molecule has 0 spiro atoms. The van der Waals surface area contributed by atoms with Gasteiger partial charge in [0.25, 0.3) is 0 Å². The van der Waals surface area contributed by atoms with Crippen molar-refractivity contribution in [1.29, 1.82) is 0 Å². The Labute approximate surface area is 141 Å². The third-order valence-corrected chi connectivity index (χ3v) is 4.38. The lowest BCUT2D eigenvalue weighted by molar-refractivity contribution is -0.121. The van der Waals surface area contributed by atoms with E-state index in [4.69, 9.17) is 10.7 Å². The number of aryl methyl sites for hydroxylation is 2. The predicted octanol–water partition coefficient (Wildman–Crippen LogP) is 1.90. The number of hydrogen-bond donors (Lipinski definition) is 2. The van der Waals surface area contributed by atoms with Gasteiger partial charge in [-0.1, -0.05) is 12.1 Å². The molecule has 1 atom stereocenters. The minimum atomic E-state index is -0.00304. The first-order chi connectivity index (χ1) is 11.5. The SMILES string of the molecule is Cc1nc2c3ccccc3nn2c(C)c1CCC(=O)N[C@@H](C)CN. The van der Waals surface area contributed by atoms with E-state index in [-0.39, 0.29) is 11.9 Å². The topological polar surface area (TPSA) is 85.3 Å². The van der Waals surface area contributed by atoms with Gasteiger partial charge in [-0.15, -0.1) is 0 Å². The Balaban J connectivity index is 1.91. The number of carbonyl (C=O) groups excluding carboxylic acids is 1. The average Bonchev–Trinajstić information content (AvgIpc) is 2.93. The zero-order valence-corrected chi connectivity index (χ0v) is 14.3. The molecule has 0 aliphatic carbocycles. The van der Waals surface area contributed by atoms with Crippen LogP contribution >= 0.6 is 0 Å². The van der Waals surface area contributed by atoms with E-state index in [9.17, 15) is 4.79 Å². The molecule has 3 rings (SSSR count). The van der Waals surface area contributed by atoms with Crippen LogP contribution < -0.4 is 11.1 Å². The van der Waals surface area contributed by atoms with E-state index in [1.54, 1.807) is 0 Å². The van der Waals surface area contributed by atoms with E-state index in [2.05, 4.69) is 10.4 Å². The number of aromatic nitrogens is 3. The average molecular weight is 325 g/mol. The van der Waals surface area contributed by atoms with Crippen molar-refractivity contribution < 1.29 is 4.79 Å². The zero-order valence-electron chi connectivity index (χ0n) is 14.3. The number of nitrogens with two attached hydrogens (primary N) is 1. The molecule has 126 valence electrons. The maximum atomic E-state index is 12.0. The summed E-state index contributed by atoms with van der Waals surface area (Å²) in [6, 6.07) is 7.98. The zero-order chi connectivity index (χ0) is 17.3. The molecule has 2 aromatic heterocycles. The van der Waals surface area contributed by atoms with Crippen molar-refractivity contribution in [2.24, 2.45) is 5.73 Å². The van der Waals surface area contributed by atoms with Crippen LogP contribution in [0.5, 0.6) is 0 Å². The van der Waals surface area contributed by atoms with Crippen LogP contribution in [0.15, 0.2) is 24.3 Å². The summed E-state index contributed by atoms with van der Waals surface area (Å²) in [5.74, 6) is 0.0115. The second-order valence-electron chi connectivity index (χ2n) is 6.22. The minimum Gasteiger partial charge on any atom is -0.352 e. The first kappa shape index (κ1) is 16.4. The maximum absolute atomic E-state index is 12.0. The summed E-state index contributed by atoms with van der Waals surface area (Å²) in [6.07, 6.45) is 1.06. The first-order valence-corrected chi connectivity index (χ1v) is 8.24. The molecule has 0 fully saturated rings. The molecule has 3 N–H and O–H groups in total. The number of nitrogens with zero attached hydrogens (tertiary/aromatic N) is 3. The third-order valence-electron chi connectivity index (χ3n) is 4.38. The lowest BCUT2D eigenvalue weighted by Crippen LogP contribution is -2.37. The Morgan fingerprint density at radius 3 is 2.83 bits per heavy atom. The van der Waals surface area contributed by atoms with Crippen LogP contribution in [0.1, 0.15) is 30.3 Å². The van der Waals surface area contributed by atoms with E-state index >= 15 is 0 Å². The molecular formula is C18H23N5O. The fraction of sp³-hybridized carbons (Fsp3) is 0.389. The Bertz CT molecular complexity index is 899. The molecule has 0 saturated heterocycles. The molecule has 6 nitrogen and oxygen atoms in total. The van der Waals surface area contributed by atoms with Gasteiger partial charge in [-0.2, -0.15) is 5.10 Å². The van der Waals surface area contributed by atoms with E-state index in [1.807, 2.05) is 49.6 Å². The lowest BCUT2D eigenvalue weighted by atomic mass is 10.1. The highest BCUT2D eigenvalue weighted by atomic mass is 16.1. The van der Waals surface area contributed by atoms with Crippen LogP contribution in [0.3, 0.4) is 0 Å². The van der Waals surface area contributed by atoms with Crippen molar-refractivity contribution in [2.45, 2.75) is 39.7 Å². The number of benzene rings is 1. The van der Waals surface area contributed by atoms with Gasteiger partial charge in [-0.05, 0) is 44.9 Å². The van der Waals surface area contributed by atoms with Crippen molar-refractivity contribution in [3.63, 3.8) is 0 Å². The quantitative estimate of drug-likeness (QED) is 0.750. The van der Waals surface area contributed by atoms with Crippen LogP contribution in [0.2, 0.25) is 0 Å². The van der Waals surface area contributed by atoms with Gasteiger partial charge in [0.1, 0.15) is 0 Å². The summed E-state index contributed by atoms with van der Waals surface area (Å²) in [5, 5.41) is 8.58. The Morgan fingerprint density at radius 2 is 2.08 bits per heavy atom. The van der Waals surface area contributed by atoms with Gasteiger partial charge in [0.2, 0.25) is 5.91 Å². The Kier molecular flexibility index (Phi) is 4.49. The largest absolute Gasteiger partial charge is 0.352 e. The number of carbonyl (C=O) groups is 1. The summed E-state index contributed by atoms with van der Waals surface area (Å²) in [6.45, 7) is 6.36. The molecular weight excluding hydrogens is 302 g/mol. The third kappa shape index (κ3) is 2.97. The van der Waals surface area contributed by atoms with Gasteiger partial charge in [-0.3, -0.25) is 4.79 Å². The summed E-state index contributed by atoms with van der Waals surface area (Å²) < 4.78 is 1.88. The van der Waals surface area contributed by atoms with Gasteiger partial charge in [0.15, 0.2) is 5.65 Å². The van der Waals surface area contributed by atoms with Crippen molar-refractivity contribution in [2.75, 3.05) is 6.54 Å². The molecule has 24 heavy (non-hydrogen) atoms. The normalized spacial score (nSPS) is 12.7. The second kappa shape index (κ2) is 6.57. The molecule has 6 heteroatoms. The van der Waals surface area contributed by atoms with Crippen molar-refractivity contribution in [3.05, 3.63) is 41.2 Å². The van der Waals surface area contributed by atoms with Crippen molar-refractivity contribution >= 4 is 22.5 Å². The van der Waals surface area contributed by atoms with Gasteiger partial charge >= 0.3 is 0 Å². The highest BCUT2D eigenvalue weighted by molar-refractivity contribution is 5.92. The molecule has 0 aliphatic heterocycles. The highest BCUT2D eigenvalue weighted by Gasteiger charge is 2.15. The van der Waals surface area contributed by atoms with Crippen molar-refractivity contribution in [3.8, 4) is 0 Å². The number of hydrogen-bond acceptors (Lipinski definition) is 4. The molecule has 0 unspecified atom stereocenters. The predicted molar refractivity (Wildman–Crippen MR) is 94.9 cm³/mol. The van der Waals surface area contributed by atoms with Crippen molar-refractivity contribution in [1.82, 2.24) is 19.9 Å². The van der Waals surface area contributed by atoms with E-state index in [0.29, 0.717) is 19.4 Å². The first-order valence-electron chi connectivity index (χ1n) is 8.24. The summed E-state index contributed by atoms with van der Waals surface area (Å²) in [5.41, 5.74) is 10.4. The molecule has 1 aromatic carbocycles. The molecule has 0 radical (unpaired) electrons. The summed E-state index contributed by atoms with van der Waals surface area (Å²) in [7, 11) is 0. The van der Waals surface area contributed by atoms with Crippen LogP contribution in [-0.4, -0.2) is 33.1 Å². The molecule has 0 aliphatic rings. The van der Waals surface area contributed by atoms with Crippen LogP contribution in [0.4, 0.5) is 0 Å². The summed E-state index contributed by atoms with van der Waals surface area (Å²) in [4.78, 5) is 16.7. The van der Waals surface area contributed by atoms with Crippen LogP contribution in [0.25, 0.3) is 16.6 Å². The Hall–Kier alpha value is -2.47. The van der Waals surface area contributed by atoms with Gasteiger partial charge in [0.05, 0.1) is 5.52 Å². The minimum absolute atomic E-state index is 0.00304. The lowest BCUT2D eigenvalue weighted by Gasteiger charge is -2.13. The van der Waals surface area contributed by atoms with Gasteiger partial charge in [0, 0.05) is 35.8 Å². The fourth-order valence-electron chi connectivity index (χ4n) is 2.98. The van der Waals surface area contributed by atoms with Gasteiger partial charge < -0.3 is 11.1 Å². The molecule has 1 amide bonds. The van der Waals surface area contributed by atoms with E-state index in [0.717, 1.165) is 33.5 Å². The smallest absolute Gasteiger partial charge is 0.220 e. The summed E-state index contributed by atoms with van der Waals surface area (Å²) >= 11 is 0. The van der Waals surface area contributed by atoms with E-state index < -0.39 is 0 Å². The Morgan fingerprint density at radius 1 is 1.33 bits per heavy atom. The molecule has 0 saturated carbocycles. The number of nitrogens with one attached hydrogen (secondary N) is 1. The second-order valence-corrected chi connectivity index (χ2v) is 6.22. The number of rotatable bonds is 5. The van der Waals surface area contributed by atoms with Crippen LogP contribution in [-0.2, 0) is 11.2 Å².